The second kappa shape index (κ2) is 5.48. The fourth-order valence-electron chi connectivity index (χ4n) is 2.44. The Morgan fingerprint density at radius 3 is 3.00 bits per heavy atom. The van der Waals surface area contributed by atoms with E-state index in [1.54, 1.807) is 13.1 Å². The summed E-state index contributed by atoms with van der Waals surface area (Å²) in [5.74, 6) is 0.0362. The van der Waals surface area contributed by atoms with Gasteiger partial charge in [-0.25, -0.2) is 0 Å². The molecule has 1 aliphatic heterocycles. The van der Waals surface area contributed by atoms with Gasteiger partial charge in [0.1, 0.15) is 6.04 Å². The minimum atomic E-state index is -0.149. The minimum Gasteiger partial charge on any atom is -0.396 e. The summed E-state index contributed by atoms with van der Waals surface area (Å²) in [7, 11) is 1.66. The smallest absolute Gasteiger partial charge is 0.242 e. The van der Waals surface area contributed by atoms with Crippen molar-refractivity contribution in [2.45, 2.75) is 25.3 Å². The van der Waals surface area contributed by atoms with Crippen LogP contribution in [-0.4, -0.2) is 25.5 Å². The van der Waals surface area contributed by atoms with E-state index in [2.05, 4.69) is 10.2 Å². The van der Waals surface area contributed by atoms with E-state index in [0.717, 1.165) is 31.5 Å². The Balaban J connectivity index is 2.34. The lowest BCUT2D eigenvalue weighted by Crippen LogP contribution is -2.49. The molecule has 1 aliphatic rings. The van der Waals surface area contributed by atoms with Gasteiger partial charge in [-0.1, -0.05) is 17.7 Å². The third kappa shape index (κ3) is 2.38. The van der Waals surface area contributed by atoms with Crippen molar-refractivity contribution in [2.24, 2.45) is 0 Å². The summed E-state index contributed by atoms with van der Waals surface area (Å²) >= 11 is 6.04. The number of carbonyl (C=O) groups excluding carboxylic acids is 1. The molecule has 1 saturated heterocycles. The number of piperidine rings is 1. The highest BCUT2D eigenvalue weighted by atomic mass is 35.5. The highest BCUT2D eigenvalue weighted by molar-refractivity contribution is 6.33. The lowest BCUT2D eigenvalue weighted by Gasteiger charge is -2.37. The molecule has 0 saturated carbocycles. The molecule has 2 rings (SSSR count). The van der Waals surface area contributed by atoms with E-state index in [4.69, 9.17) is 17.3 Å². The van der Waals surface area contributed by atoms with Crippen LogP contribution in [0, 0.1) is 0 Å². The first-order valence-corrected chi connectivity index (χ1v) is 6.55. The van der Waals surface area contributed by atoms with Crippen LogP contribution in [0.15, 0.2) is 18.2 Å². The Labute approximate surface area is 112 Å². The number of hydrogen-bond donors (Lipinski definition) is 2. The highest BCUT2D eigenvalue weighted by Gasteiger charge is 2.29. The molecule has 1 fully saturated rings. The topological polar surface area (TPSA) is 58.4 Å². The van der Waals surface area contributed by atoms with Gasteiger partial charge in [-0.15, -0.1) is 0 Å². The number of anilines is 2. The molecule has 0 bridgehead atoms. The number of halogens is 1. The van der Waals surface area contributed by atoms with Crippen molar-refractivity contribution in [3.05, 3.63) is 23.2 Å². The van der Waals surface area contributed by atoms with E-state index in [9.17, 15) is 4.79 Å². The molecule has 1 aromatic rings. The summed E-state index contributed by atoms with van der Waals surface area (Å²) in [5, 5.41) is 3.25. The van der Waals surface area contributed by atoms with Gasteiger partial charge in [0.25, 0.3) is 0 Å². The fraction of sp³-hybridized carbons (Fsp3) is 0.462. The zero-order valence-electron chi connectivity index (χ0n) is 10.4. The number of benzene rings is 1. The van der Waals surface area contributed by atoms with Crippen molar-refractivity contribution in [3.63, 3.8) is 0 Å². The number of carbonyl (C=O) groups is 1. The number of nitrogens with one attached hydrogen (secondary N) is 1. The van der Waals surface area contributed by atoms with Gasteiger partial charge < -0.3 is 16.0 Å². The molecule has 1 unspecified atom stereocenters. The van der Waals surface area contributed by atoms with Gasteiger partial charge in [-0.2, -0.15) is 0 Å². The van der Waals surface area contributed by atoms with Crippen molar-refractivity contribution in [2.75, 3.05) is 24.2 Å². The molecule has 1 atom stereocenters. The highest BCUT2D eigenvalue weighted by Crippen LogP contribution is 2.33. The molecule has 0 radical (unpaired) electrons. The number of nitrogens with zero attached hydrogens (tertiary/aromatic N) is 1. The molecular weight excluding hydrogens is 250 g/mol. The number of nitrogens with two attached hydrogens (primary N) is 1. The van der Waals surface area contributed by atoms with Gasteiger partial charge in [0.2, 0.25) is 5.91 Å². The zero-order valence-corrected chi connectivity index (χ0v) is 11.2. The molecule has 5 heteroatoms. The summed E-state index contributed by atoms with van der Waals surface area (Å²) in [4.78, 5) is 14.0. The van der Waals surface area contributed by atoms with Crippen LogP contribution in [0.25, 0.3) is 0 Å². The van der Waals surface area contributed by atoms with Gasteiger partial charge in [0.15, 0.2) is 0 Å². The quantitative estimate of drug-likeness (QED) is 0.806. The molecule has 1 heterocycles. The van der Waals surface area contributed by atoms with Crippen molar-refractivity contribution in [1.82, 2.24) is 5.32 Å². The number of para-hydroxylation sites is 1. The fourth-order valence-corrected chi connectivity index (χ4v) is 2.60. The van der Waals surface area contributed by atoms with Crippen LogP contribution in [-0.2, 0) is 4.79 Å². The predicted octanol–water partition coefficient (Wildman–Crippen LogP) is 2.03. The van der Waals surface area contributed by atoms with Crippen LogP contribution in [0.3, 0.4) is 0 Å². The maximum Gasteiger partial charge on any atom is 0.242 e. The van der Waals surface area contributed by atoms with Crippen molar-refractivity contribution >= 4 is 28.9 Å². The number of hydrogen-bond acceptors (Lipinski definition) is 3. The van der Waals surface area contributed by atoms with Crippen LogP contribution < -0.4 is 16.0 Å². The van der Waals surface area contributed by atoms with E-state index in [-0.39, 0.29) is 11.9 Å². The molecule has 0 spiro atoms. The van der Waals surface area contributed by atoms with Gasteiger partial charge in [0.05, 0.1) is 16.4 Å². The Kier molecular flexibility index (Phi) is 3.97. The van der Waals surface area contributed by atoms with E-state index >= 15 is 0 Å². The Morgan fingerprint density at radius 2 is 2.28 bits per heavy atom. The molecule has 0 aliphatic carbocycles. The average Bonchev–Trinajstić information content (AvgIpc) is 2.41. The Morgan fingerprint density at radius 1 is 1.50 bits per heavy atom. The number of nitrogen functional groups attached to an aromatic ring is 1. The third-order valence-electron chi connectivity index (χ3n) is 3.39. The van der Waals surface area contributed by atoms with Crippen molar-refractivity contribution < 1.29 is 4.79 Å². The molecule has 4 nitrogen and oxygen atoms in total. The van der Waals surface area contributed by atoms with Crippen molar-refractivity contribution in [3.8, 4) is 0 Å². The van der Waals surface area contributed by atoms with E-state index in [1.165, 1.54) is 0 Å². The molecule has 1 aromatic carbocycles. The predicted molar refractivity (Wildman–Crippen MR) is 74.9 cm³/mol. The largest absolute Gasteiger partial charge is 0.396 e. The first-order valence-electron chi connectivity index (χ1n) is 6.17. The van der Waals surface area contributed by atoms with Crippen LogP contribution >= 0.6 is 11.6 Å². The van der Waals surface area contributed by atoms with E-state index < -0.39 is 0 Å². The molecule has 18 heavy (non-hydrogen) atoms. The third-order valence-corrected chi connectivity index (χ3v) is 3.72. The maximum atomic E-state index is 11.9. The average molecular weight is 268 g/mol. The van der Waals surface area contributed by atoms with Gasteiger partial charge in [0, 0.05) is 13.6 Å². The van der Waals surface area contributed by atoms with Crippen LogP contribution in [0.5, 0.6) is 0 Å². The zero-order chi connectivity index (χ0) is 13.1. The number of likely N-dealkylation sites (N-methyl/N-ethyl adjacent to an activating group) is 1. The number of amides is 1. The molecular formula is C13H18ClN3O. The van der Waals surface area contributed by atoms with Crippen LogP contribution in [0.1, 0.15) is 19.3 Å². The van der Waals surface area contributed by atoms with E-state index in [0.29, 0.717) is 10.7 Å². The first kappa shape index (κ1) is 13.0. The second-order valence-electron chi connectivity index (χ2n) is 4.49. The summed E-state index contributed by atoms with van der Waals surface area (Å²) in [6, 6.07) is 5.40. The van der Waals surface area contributed by atoms with Gasteiger partial charge >= 0.3 is 0 Å². The second-order valence-corrected chi connectivity index (χ2v) is 4.90. The normalized spacial score (nSPS) is 19.7. The van der Waals surface area contributed by atoms with E-state index in [1.807, 2.05) is 12.1 Å². The maximum absolute atomic E-state index is 11.9. The van der Waals surface area contributed by atoms with Crippen LogP contribution in [0.4, 0.5) is 11.4 Å². The van der Waals surface area contributed by atoms with Crippen LogP contribution in [0.2, 0.25) is 5.02 Å². The molecule has 98 valence electrons. The summed E-state index contributed by atoms with van der Waals surface area (Å²) in [5.41, 5.74) is 7.42. The van der Waals surface area contributed by atoms with Gasteiger partial charge in [-0.3, -0.25) is 4.79 Å². The summed E-state index contributed by atoms with van der Waals surface area (Å²) in [6.45, 7) is 0.836. The minimum absolute atomic E-state index is 0.0362. The standard InChI is InChI=1S/C13H18ClN3O/c1-16-13(18)11-6-2-3-8-17(11)10-7-4-5-9(14)12(10)15/h4-5,7,11H,2-3,6,8,15H2,1H3,(H,16,18). The SMILES string of the molecule is CNC(=O)C1CCCCN1c1cccc(Cl)c1N. The lowest BCUT2D eigenvalue weighted by molar-refractivity contribution is -0.122. The Hall–Kier alpha value is -1.42. The lowest BCUT2D eigenvalue weighted by atomic mass is 10.00. The summed E-state index contributed by atoms with van der Waals surface area (Å²) < 4.78 is 0. The number of rotatable bonds is 2. The molecule has 0 aromatic heterocycles. The first-order chi connectivity index (χ1) is 8.65. The van der Waals surface area contributed by atoms with Crippen molar-refractivity contribution in [1.29, 1.82) is 0 Å². The summed E-state index contributed by atoms with van der Waals surface area (Å²) in [6.07, 6.45) is 2.99. The monoisotopic (exact) mass is 267 g/mol. The Bertz CT molecular complexity index is 450. The molecule has 3 N–H and O–H groups in total. The molecule has 1 amide bonds. The van der Waals surface area contributed by atoms with Gasteiger partial charge in [-0.05, 0) is 31.4 Å².